The largest absolute Gasteiger partial charge is 0.507 e. The van der Waals surface area contributed by atoms with Crippen molar-refractivity contribution in [3.63, 3.8) is 0 Å². The standard InChI is InChI=1S/C31H28FNO7/c1-6-16-7-8-17-18(9-14(2)10-20(17)32)19(16)13-33-30(38)26-23(39-5)11-22(36)27-28(26)40-24-12-21(35)25(15(3)34)29(37)31(24,27)4/h7-12,35-36H,6,13H2,1-5H3,(H,33,38)/t31-/m1/s1. The summed E-state index contributed by atoms with van der Waals surface area (Å²) in [5.74, 6) is -3.49. The zero-order valence-corrected chi connectivity index (χ0v) is 22.7. The van der Waals surface area contributed by atoms with E-state index in [0.717, 1.165) is 29.7 Å². The number of phenols is 1. The number of hydrogen-bond acceptors (Lipinski definition) is 7. The van der Waals surface area contributed by atoms with Crippen LogP contribution in [-0.4, -0.2) is 34.8 Å². The molecule has 3 aromatic rings. The highest BCUT2D eigenvalue weighted by Crippen LogP contribution is 2.56. The molecule has 40 heavy (non-hydrogen) atoms. The molecule has 5 rings (SSSR count). The van der Waals surface area contributed by atoms with E-state index in [2.05, 4.69) is 5.32 Å². The number of aryl methyl sites for hydroxylation is 2. The van der Waals surface area contributed by atoms with Gasteiger partial charge in [-0.3, -0.25) is 14.4 Å². The minimum atomic E-state index is -1.66. The average Bonchev–Trinajstić information content (AvgIpc) is 3.20. The number of ether oxygens (including phenoxy) is 2. The van der Waals surface area contributed by atoms with Crippen molar-refractivity contribution in [3.8, 4) is 17.2 Å². The van der Waals surface area contributed by atoms with Crippen LogP contribution in [0.1, 0.15) is 53.4 Å². The molecule has 0 bridgehead atoms. The van der Waals surface area contributed by atoms with Crippen molar-refractivity contribution in [2.75, 3.05) is 7.11 Å². The first-order valence-corrected chi connectivity index (χ1v) is 12.8. The molecule has 8 nitrogen and oxygen atoms in total. The zero-order valence-electron chi connectivity index (χ0n) is 22.7. The lowest BCUT2D eigenvalue weighted by Gasteiger charge is -2.27. The number of aliphatic hydroxyl groups excluding tert-OH is 1. The minimum Gasteiger partial charge on any atom is -0.507 e. The molecule has 3 N–H and O–H groups in total. The van der Waals surface area contributed by atoms with E-state index in [1.165, 1.54) is 26.2 Å². The van der Waals surface area contributed by atoms with E-state index in [0.29, 0.717) is 17.2 Å². The van der Waals surface area contributed by atoms with Gasteiger partial charge in [-0.25, -0.2) is 4.39 Å². The number of aliphatic hydroxyl groups is 1. The number of rotatable bonds is 6. The topological polar surface area (TPSA) is 122 Å². The van der Waals surface area contributed by atoms with Crippen LogP contribution in [0.2, 0.25) is 0 Å². The Morgan fingerprint density at radius 3 is 2.52 bits per heavy atom. The van der Waals surface area contributed by atoms with Crippen molar-refractivity contribution in [2.45, 2.75) is 46.1 Å². The van der Waals surface area contributed by atoms with E-state index in [9.17, 15) is 29.0 Å². The summed E-state index contributed by atoms with van der Waals surface area (Å²) in [6.07, 6.45) is 1.80. The van der Waals surface area contributed by atoms with Gasteiger partial charge in [-0.15, -0.1) is 0 Å². The number of fused-ring (bicyclic) bond motifs is 4. The van der Waals surface area contributed by atoms with Crippen LogP contribution < -0.4 is 14.8 Å². The average molecular weight is 546 g/mol. The third kappa shape index (κ3) is 3.84. The molecular weight excluding hydrogens is 517 g/mol. The number of hydrogen-bond donors (Lipinski definition) is 3. The maximum Gasteiger partial charge on any atom is 0.259 e. The van der Waals surface area contributed by atoms with Crippen LogP contribution in [0, 0.1) is 12.7 Å². The number of methoxy groups -OCH3 is 1. The Hall–Kier alpha value is -4.66. The minimum absolute atomic E-state index is 0.0106. The predicted octanol–water partition coefficient (Wildman–Crippen LogP) is 5.01. The van der Waals surface area contributed by atoms with Gasteiger partial charge >= 0.3 is 0 Å². The van der Waals surface area contributed by atoms with Crippen LogP contribution in [-0.2, 0) is 28.0 Å². The quantitative estimate of drug-likeness (QED) is 0.372. The molecule has 0 radical (unpaired) electrons. The highest BCUT2D eigenvalue weighted by molar-refractivity contribution is 6.25. The number of phenolic OH excluding ortho intramolecular Hbond substituents is 1. The lowest BCUT2D eigenvalue weighted by molar-refractivity contribution is -0.123. The highest BCUT2D eigenvalue weighted by atomic mass is 19.1. The third-order valence-corrected chi connectivity index (χ3v) is 7.68. The van der Waals surface area contributed by atoms with E-state index in [4.69, 9.17) is 9.47 Å². The number of benzene rings is 3. The van der Waals surface area contributed by atoms with Crippen LogP contribution in [0.5, 0.6) is 17.2 Å². The number of carbonyl (C=O) groups excluding carboxylic acids is 3. The Morgan fingerprint density at radius 1 is 1.15 bits per heavy atom. The maximum absolute atomic E-state index is 14.7. The number of amides is 1. The summed E-state index contributed by atoms with van der Waals surface area (Å²) in [5, 5.41) is 25.3. The maximum atomic E-state index is 14.7. The molecular formula is C31H28FNO7. The van der Waals surface area contributed by atoms with E-state index in [-0.39, 0.29) is 46.5 Å². The van der Waals surface area contributed by atoms with Crippen LogP contribution in [0.3, 0.4) is 0 Å². The summed E-state index contributed by atoms with van der Waals surface area (Å²) < 4.78 is 26.0. The fraction of sp³-hybridized carbons (Fsp3) is 0.258. The Balaban J connectivity index is 1.60. The first kappa shape index (κ1) is 26.9. The zero-order chi connectivity index (χ0) is 29.1. The summed E-state index contributed by atoms with van der Waals surface area (Å²) in [6.45, 7) is 6.42. The van der Waals surface area contributed by atoms with E-state index in [1.54, 1.807) is 13.0 Å². The summed E-state index contributed by atoms with van der Waals surface area (Å²) in [6, 6.07) is 8.09. The van der Waals surface area contributed by atoms with Crippen molar-refractivity contribution >= 4 is 28.2 Å². The van der Waals surface area contributed by atoms with E-state index < -0.39 is 34.2 Å². The Kier molecular flexibility index (Phi) is 6.40. The van der Waals surface area contributed by atoms with E-state index in [1.807, 2.05) is 19.1 Å². The first-order chi connectivity index (χ1) is 18.9. The van der Waals surface area contributed by atoms with Crippen molar-refractivity contribution < 1.29 is 38.5 Å². The molecule has 9 heteroatoms. The molecule has 0 spiro atoms. The molecule has 0 saturated heterocycles. The number of ketones is 2. The molecule has 1 aliphatic heterocycles. The number of Topliss-reactive ketones (excluding diaryl/α,β-unsaturated/α-hetero) is 2. The number of aromatic hydroxyl groups is 1. The van der Waals surface area contributed by atoms with Gasteiger partial charge < -0.3 is 25.0 Å². The van der Waals surface area contributed by atoms with Crippen LogP contribution >= 0.6 is 0 Å². The van der Waals surface area contributed by atoms with Gasteiger partial charge in [0, 0.05) is 24.1 Å². The second-order valence-electron chi connectivity index (χ2n) is 10.1. The lowest BCUT2D eigenvalue weighted by Crippen LogP contribution is -2.38. The molecule has 1 amide bonds. The van der Waals surface area contributed by atoms with Gasteiger partial charge in [0.25, 0.3) is 5.91 Å². The van der Waals surface area contributed by atoms with Crippen LogP contribution in [0.15, 0.2) is 53.5 Å². The number of allylic oxidation sites excluding steroid dienone is 3. The van der Waals surface area contributed by atoms with Gasteiger partial charge in [-0.1, -0.05) is 25.1 Å². The van der Waals surface area contributed by atoms with Crippen molar-refractivity contribution in [2.24, 2.45) is 0 Å². The van der Waals surface area contributed by atoms with Gasteiger partial charge in [0.15, 0.2) is 17.3 Å². The number of carbonyl (C=O) groups is 3. The number of nitrogens with one attached hydrogen (secondary N) is 1. The second-order valence-corrected chi connectivity index (χ2v) is 10.1. The second kappa shape index (κ2) is 9.51. The van der Waals surface area contributed by atoms with Gasteiger partial charge in [-0.05, 0) is 55.3 Å². The summed E-state index contributed by atoms with van der Waals surface area (Å²) in [5.41, 5.74) is 0.257. The molecule has 3 aromatic carbocycles. The molecule has 206 valence electrons. The highest BCUT2D eigenvalue weighted by Gasteiger charge is 2.55. The Morgan fingerprint density at radius 2 is 1.88 bits per heavy atom. The van der Waals surface area contributed by atoms with Crippen molar-refractivity contribution in [1.29, 1.82) is 0 Å². The summed E-state index contributed by atoms with van der Waals surface area (Å²) in [7, 11) is 1.32. The van der Waals surface area contributed by atoms with Gasteiger partial charge in [0.1, 0.15) is 45.4 Å². The first-order valence-electron chi connectivity index (χ1n) is 12.8. The molecule has 0 fully saturated rings. The SMILES string of the molecule is CCc1ccc2c(F)cc(C)cc2c1CNC(=O)c1c(OC)cc(O)c2c1OC1=CC(O)=C(C(C)=O)C(=O)[C@]12C. The van der Waals surface area contributed by atoms with Gasteiger partial charge in [-0.2, -0.15) is 0 Å². The predicted molar refractivity (Wildman–Crippen MR) is 145 cm³/mol. The molecule has 0 aromatic heterocycles. The van der Waals surface area contributed by atoms with Gasteiger partial charge in [0.2, 0.25) is 0 Å². The smallest absolute Gasteiger partial charge is 0.259 e. The lowest BCUT2D eigenvalue weighted by atomic mass is 9.71. The molecule has 2 aliphatic rings. The fourth-order valence-corrected chi connectivity index (χ4v) is 5.65. The Bertz CT molecular complexity index is 1720. The van der Waals surface area contributed by atoms with Crippen molar-refractivity contribution in [1.82, 2.24) is 5.32 Å². The third-order valence-electron chi connectivity index (χ3n) is 7.68. The fourth-order valence-electron chi connectivity index (χ4n) is 5.65. The Labute approximate surface area is 229 Å². The monoisotopic (exact) mass is 545 g/mol. The molecule has 0 unspecified atom stereocenters. The van der Waals surface area contributed by atoms with Crippen LogP contribution in [0.4, 0.5) is 4.39 Å². The number of halogens is 1. The summed E-state index contributed by atoms with van der Waals surface area (Å²) in [4.78, 5) is 39.3. The summed E-state index contributed by atoms with van der Waals surface area (Å²) >= 11 is 0. The molecule has 1 aliphatic carbocycles. The molecule has 0 saturated carbocycles. The molecule has 1 heterocycles. The van der Waals surface area contributed by atoms with Crippen molar-refractivity contribution in [3.05, 3.63) is 87.1 Å². The molecule has 1 atom stereocenters. The van der Waals surface area contributed by atoms with Crippen LogP contribution in [0.25, 0.3) is 10.8 Å². The normalized spacial score (nSPS) is 17.8. The van der Waals surface area contributed by atoms with Gasteiger partial charge in [0.05, 0.1) is 12.7 Å². The van der Waals surface area contributed by atoms with E-state index >= 15 is 0 Å².